The highest BCUT2D eigenvalue weighted by Gasteiger charge is 2.28. The van der Waals surface area contributed by atoms with Gasteiger partial charge in [0.05, 0.1) is 6.04 Å². The highest BCUT2D eigenvalue weighted by atomic mass is 16.1. The van der Waals surface area contributed by atoms with E-state index in [9.17, 15) is 4.79 Å². The number of likely N-dealkylation sites (N-methyl/N-ethyl adjacent to an activating group) is 1. The molecule has 2 rings (SSSR count). The molecule has 0 heterocycles. The molecule has 2 heteroatoms. The molecule has 2 nitrogen and oxygen atoms in total. The van der Waals surface area contributed by atoms with E-state index in [-0.39, 0.29) is 17.7 Å². The van der Waals surface area contributed by atoms with Gasteiger partial charge in [0.2, 0.25) is 0 Å². The Morgan fingerprint density at radius 2 is 1.40 bits per heavy atom. The molecule has 0 spiro atoms. The lowest BCUT2D eigenvalue weighted by molar-refractivity contribution is 0.0852. The molecule has 0 aliphatic carbocycles. The quantitative estimate of drug-likeness (QED) is 0.771. The standard InChI is InChI=1S/C18H21NO/c1-14(15-10-6-4-7-11-15)17(19(2)3)18(20)16-12-8-5-9-13-16/h4-14,17H,1-3H3. The van der Waals surface area contributed by atoms with E-state index in [2.05, 4.69) is 19.1 Å². The van der Waals surface area contributed by atoms with Crippen molar-refractivity contribution in [2.75, 3.05) is 14.1 Å². The maximum Gasteiger partial charge on any atom is 0.180 e. The van der Waals surface area contributed by atoms with Crippen molar-refractivity contribution in [1.29, 1.82) is 0 Å². The predicted molar refractivity (Wildman–Crippen MR) is 83.1 cm³/mol. The van der Waals surface area contributed by atoms with Crippen molar-refractivity contribution in [2.45, 2.75) is 18.9 Å². The molecule has 0 saturated carbocycles. The van der Waals surface area contributed by atoms with Crippen LogP contribution >= 0.6 is 0 Å². The van der Waals surface area contributed by atoms with Gasteiger partial charge in [0.15, 0.2) is 5.78 Å². The van der Waals surface area contributed by atoms with Gasteiger partial charge >= 0.3 is 0 Å². The van der Waals surface area contributed by atoms with Crippen LogP contribution in [0.25, 0.3) is 0 Å². The number of ketones is 1. The minimum Gasteiger partial charge on any atom is -0.299 e. The first-order valence-electron chi connectivity index (χ1n) is 6.92. The molecule has 0 bridgehead atoms. The van der Waals surface area contributed by atoms with E-state index in [0.717, 1.165) is 5.56 Å². The summed E-state index contributed by atoms with van der Waals surface area (Å²) in [4.78, 5) is 14.8. The average Bonchev–Trinajstić information content (AvgIpc) is 2.48. The summed E-state index contributed by atoms with van der Waals surface area (Å²) >= 11 is 0. The molecule has 2 aromatic carbocycles. The molecular formula is C18H21NO. The lowest BCUT2D eigenvalue weighted by Gasteiger charge is -2.29. The van der Waals surface area contributed by atoms with Crippen LogP contribution in [0.3, 0.4) is 0 Å². The van der Waals surface area contributed by atoms with E-state index in [0.29, 0.717) is 0 Å². The highest BCUT2D eigenvalue weighted by molar-refractivity contribution is 6.00. The Morgan fingerprint density at radius 1 is 0.900 bits per heavy atom. The van der Waals surface area contributed by atoms with Gasteiger partial charge in [-0.3, -0.25) is 9.69 Å². The van der Waals surface area contributed by atoms with E-state index < -0.39 is 0 Å². The molecule has 0 aromatic heterocycles. The minimum atomic E-state index is -0.153. The third-order valence-electron chi connectivity index (χ3n) is 3.68. The van der Waals surface area contributed by atoms with E-state index in [4.69, 9.17) is 0 Å². The molecule has 0 saturated heterocycles. The van der Waals surface area contributed by atoms with E-state index >= 15 is 0 Å². The summed E-state index contributed by atoms with van der Waals surface area (Å²) in [6.45, 7) is 2.11. The molecule has 2 aromatic rings. The Kier molecular flexibility index (Phi) is 4.70. The summed E-state index contributed by atoms with van der Waals surface area (Å²) in [5, 5.41) is 0. The monoisotopic (exact) mass is 267 g/mol. The van der Waals surface area contributed by atoms with Gasteiger partial charge in [0.25, 0.3) is 0 Å². The SMILES string of the molecule is CC(c1ccccc1)C(C(=O)c1ccccc1)N(C)C. The molecule has 2 unspecified atom stereocenters. The Labute approximate surface area is 121 Å². The van der Waals surface area contributed by atoms with Crippen LogP contribution in [0, 0.1) is 0 Å². The van der Waals surface area contributed by atoms with Crippen molar-refractivity contribution in [1.82, 2.24) is 4.90 Å². The van der Waals surface area contributed by atoms with Crippen LogP contribution in [0.1, 0.15) is 28.8 Å². The van der Waals surface area contributed by atoms with Crippen LogP contribution in [-0.4, -0.2) is 30.8 Å². The molecule has 0 aliphatic rings. The number of rotatable bonds is 5. The second-order valence-corrected chi connectivity index (χ2v) is 5.34. The number of carbonyl (C=O) groups excluding carboxylic acids is 1. The van der Waals surface area contributed by atoms with Gasteiger partial charge in [0, 0.05) is 11.5 Å². The van der Waals surface area contributed by atoms with Gasteiger partial charge in [-0.05, 0) is 19.7 Å². The lowest BCUT2D eigenvalue weighted by Crippen LogP contribution is -2.40. The lowest BCUT2D eigenvalue weighted by atomic mass is 9.87. The summed E-state index contributed by atoms with van der Waals surface area (Å²) in [6, 6.07) is 19.6. The predicted octanol–water partition coefficient (Wildman–Crippen LogP) is 3.60. The Hall–Kier alpha value is -1.93. The molecule has 0 radical (unpaired) electrons. The molecule has 2 atom stereocenters. The molecule has 20 heavy (non-hydrogen) atoms. The van der Waals surface area contributed by atoms with Gasteiger partial charge < -0.3 is 0 Å². The fourth-order valence-electron chi connectivity index (χ4n) is 2.62. The third-order valence-corrected chi connectivity index (χ3v) is 3.68. The zero-order valence-electron chi connectivity index (χ0n) is 12.3. The van der Waals surface area contributed by atoms with Crippen molar-refractivity contribution in [3.8, 4) is 0 Å². The first kappa shape index (κ1) is 14.5. The summed E-state index contributed by atoms with van der Waals surface area (Å²) in [5.74, 6) is 0.325. The van der Waals surface area contributed by atoms with E-state index in [1.54, 1.807) is 0 Å². The zero-order valence-corrected chi connectivity index (χ0v) is 12.3. The third kappa shape index (κ3) is 3.14. The van der Waals surface area contributed by atoms with Gasteiger partial charge in [-0.25, -0.2) is 0 Å². The van der Waals surface area contributed by atoms with Crippen LogP contribution in [0.15, 0.2) is 60.7 Å². The Balaban J connectivity index is 2.30. The van der Waals surface area contributed by atoms with Crippen LogP contribution in [0.2, 0.25) is 0 Å². The average molecular weight is 267 g/mol. The zero-order chi connectivity index (χ0) is 14.5. The van der Waals surface area contributed by atoms with Crippen LogP contribution in [0.4, 0.5) is 0 Å². The van der Waals surface area contributed by atoms with Crippen LogP contribution in [0.5, 0.6) is 0 Å². The fourth-order valence-corrected chi connectivity index (χ4v) is 2.62. The summed E-state index contributed by atoms with van der Waals surface area (Å²) in [5.41, 5.74) is 1.96. The van der Waals surface area contributed by atoms with Crippen LogP contribution in [-0.2, 0) is 0 Å². The number of Topliss-reactive ketones (excluding diaryl/α,β-unsaturated/α-hetero) is 1. The topological polar surface area (TPSA) is 20.3 Å². The molecule has 0 fully saturated rings. The second kappa shape index (κ2) is 6.49. The molecular weight excluding hydrogens is 246 g/mol. The molecule has 0 N–H and O–H groups in total. The van der Waals surface area contributed by atoms with Crippen molar-refractivity contribution in [3.63, 3.8) is 0 Å². The van der Waals surface area contributed by atoms with Gasteiger partial charge in [-0.15, -0.1) is 0 Å². The van der Waals surface area contributed by atoms with E-state index in [1.165, 1.54) is 5.56 Å². The molecule has 0 amide bonds. The number of hydrogen-bond donors (Lipinski definition) is 0. The minimum absolute atomic E-state index is 0.152. The van der Waals surface area contributed by atoms with Gasteiger partial charge in [0.1, 0.15) is 0 Å². The first-order chi connectivity index (χ1) is 9.61. The van der Waals surface area contributed by atoms with Crippen LogP contribution < -0.4 is 0 Å². The smallest absolute Gasteiger partial charge is 0.180 e. The largest absolute Gasteiger partial charge is 0.299 e. The number of nitrogens with zero attached hydrogens (tertiary/aromatic N) is 1. The maximum atomic E-state index is 12.8. The Morgan fingerprint density at radius 3 is 1.90 bits per heavy atom. The van der Waals surface area contributed by atoms with Crippen molar-refractivity contribution >= 4 is 5.78 Å². The van der Waals surface area contributed by atoms with Crippen molar-refractivity contribution in [3.05, 3.63) is 71.8 Å². The maximum absolute atomic E-state index is 12.8. The number of carbonyl (C=O) groups is 1. The highest BCUT2D eigenvalue weighted by Crippen LogP contribution is 2.24. The van der Waals surface area contributed by atoms with Gasteiger partial charge in [-0.2, -0.15) is 0 Å². The molecule has 0 aliphatic heterocycles. The summed E-state index contributed by atoms with van der Waals surface area (Å²) in [6.07, 6.45) is 0. The van der Waals surface area contributed by atoms with Crippen molar-refractivity contribution in [2.24, 2.45) is 0 Å². The van der Waals surface area contributed by atoms with Gasteiger partial charge in [-0.1, -0.05) is 67.6 Å². The second-order valence-electron chi connectivity index (χ2n) is 5.34. The number of benzene rings is 2. The fraction of sp³-hybridized carbons (Fsp3) is 0.278. The van der Waals surface area contributed by atoms with E-state index in [1.807, 2.05) is 67.5 Å². The molecule has 104 valence electrons. The summed E-state index contributed by atoms with van der Waals surface area (Å²) in [7, 11) is 3.93. The first-order valence-corrected chi connectivity index (χ1v) is 6.92. The number of hydrogen-bond acceptors (Lipinski definition) is 2. The normalized spacial score (nSPS) is 14.0. The Bertz CT molecular complexity index is 548. The van der Waals surface area contributed by atoms with Crippen molar-refractivity contribution < 1.29 is 4.79 Å². The summed E-state index contributed by atoms with van der Waals surface area (Å²) < 4.78 is 0.